The summed E-state index contributed by atoms with van der Waals surface area (Å²) in [5.74, 6) is 0.420. The quantitative estimate of drug-likeness (QED) is 0.119. The lowest BCUT2D eigenvalue weighted by Crippen LogP contribution is -2.01. The minimum atomic E-state index is 0.0824. The standard InChI is InChI=1S/C28H18Cl2N2OS2/c29-22-11-10-21(24(30)14-22)16-31-23-12-13-25-27(15-23)35-28(32-25)34-17-26(33)20-8-6-19(7-9-20)18-4-2-1-3-5-18/h1-16H,17H2. The number of hydrogen-bond acceptors (Lipinski definition) is 5. The number of nitrogens with zero attached hydrogens (tertiary/aromatic N) is 2. The van der Waals surface area contributed by atoms with Crippen LogP contribution in [0.25, 0.3) is 21.3 Å². The highest BCUT2D eigenvalue weighted by Crippen LogP contribution is 2.32. The molecule has 0 unspecified atom stereocenters. The van der Waals surface area contributed by atoms with Crippen LogP contribution >= 0.6 is 46.3 Å². The Morgan fingerprint density at radius 2 is 1.69 bits per heavy atom. The van der Waals surface area contributed by atoms with Crippen LogP contribution in [0.1, 0.15) is 15.9 Å². The van der Waals surface area contributed by atoms with Gasteiger partial charge in [-0.1, -0.05) is 95.6 Å². The third-order valence-electron chi connectivity index (χ3n) is 5.31. The van der Waals surface area contributed by atoms with Gasteiger partial charge in [-0.15, -0.1) is 11.3 Å². The Labute approximate surface area is 221 Å². The van der Waals surface area contributed by atoms with Crippen molar-refractivity contribution < 1.29 is 4.79 Å². The summed E-state index contributed by atoms with van der Waals surface area (Å²) >= 11 is 15.2. The molecule has 172 valence electrons. The van der Waals surface area contributed by atoms with Crippen LogP contribution in [0.2, 0.25) is 10.0 Å². The first-order valence-electron chi connectivity index (χ1n) is 10.8. The number of rotatable bonds is 7. The van der Waals surface area contributed by atoms with Crippen LogP contribution in [0.5, 0.6) is 0 Å². The van der Waals surface area contributed by atoms with Gasteiger partial charge in [0, 0.05) is 22.4 Å². The number of aliphatic imine (C=N–C) groups is 1. The van der Waals surface area contributed by atoms with E-state index in [1.54, 1.807) is 29.7 Å². The number of hydrogen-bond donors (Lipinski definition) is 0. The van der Waals surface area contributed by atoms with Crippen molar-refractivity contribution in [3.8, 4) is 11.1 Å². The molecule has 0 aliphatic heterocycles. The highest BCUT2D eigenvalue weighted by atomic mass is 35.5. The number of halogens is 2. The first kappa shape index (κ1) is 23.8. The Hall–Kier alpha value is -2.96. The Bertz CT molecular complexity index is 1530. The maximum atomic E-state index is 12.7. The molecule has 0 N–H and O–H groups in total. The van der Waals surface area contributed by atoms with Crippen molar-refractivity contribution in [2.75, 3.05) is 5.75 Å². The van der Waals surface area contributed by atoms with Crippen molar-refractivity contribution >= 4 is 74.2 Å². The van der Waals surface area contributed by atoms with Crippen molar-refractivity contribution in [2.24, 2.45) is 4.99 Å². The summed E-state index contributed by atoms with van der Waals surface area (Å²) in [6.45, 7) is 0. The molecule has 0 saturated carbocycles. The van der Waals surface area contributed by atoms with Crippen LogP contribution in [-0.4, -0.2) is 22.7 Å². The zero-order valence-electron chi connectivity index (χ0n) is 18.3. The van der Waals surface area contributed by atoms with Crippen molar-refractivity contribution in [3.05, 3.63) is 112 Å². The highest BCUT2D eigenvalue weighted by Gasteiger charge is 2.11. The normalized spacial score (nSPS) is 11.4. The van der Waals surface area contributed by atoms with E-state index in [4.69, 9.17) is 23.2 Å². The summed E-state index contributed by atoms with van der Waals surface area (Å²) in [7, 11) is 0. The van der Waals surface area contributed by atoms with Crippen LogP contribution in [0.3, 0.4) is 0 Å². The number of carbonyl (C=O) groups excluding carboxylic acids is 1. The van der Waals surface area contributed by atoms with E-state index in [2.05, 4.69) is 22.1 Å². The minimum Gasteiger partial charge on any atom is -0.293 e. The molecule has 0 radical (unpaired) electrons. The second-order valence-corrected chi connectivity index (χ2v) is 10.8. The van der Waals surface area contributed by atoms with Gasteiger partial charge in [0.25, 0.3) is 0 Å². The van der Waals surface area contributed by atoms with Crippen LogP contribution in [0.4, 0.5) is 5.69 Å². The largest absolute Gasteiger partial charge is 0.293 e. The molecule has 5 rings (SSSR count). The number of carbonyl (C=O) groups is 1. The van der Waals surface area contributed by atoms with Crippen LogP contribution in [0.15, 0.2) is 100 Å². The van der Waals surface area contributed by atoms with E-state index in [9.17, 15) is 4.79 Å². The van der Waals surface area contributed by atoms with Crippen molar-refractivity contribution in [3.63, 3.8) is 0 Å². The number of ketones is 1. The molecule has 0 atom stereocenters. The Balaban J connectivity index is 1.24. The molecule has 0 aliphatic rings. The van der Waals surface area contributed by atoms with Gasteiger partial charge in [0.1, 0.15) is 0 Å². The molecule has 5 aromatic rings. The van der Waals surface area contributed by atoms with Crippen molar-refractivity contribution in [1.82, 2.24) is 4.98 Å². The predicted octanol–water partition coefficient (Wildman–Crippen LogP) is 9.00. The monoisotopic (exact) mass is 532 g/mol. The third kappa shape index (κ3) is 5.82. The second kappa shape index (κ2) is 10.8. The van der Waals surface area contributed by atoms with Crippen LogP contribution in [-0.2, 0) is 0 Å². The van der Waals surface area contributed by atoms with E-state index in [-0.39, 0.29) is 5.78 Å². The number of fused-ring (bicyclic) bond motifs is 1. The van der Waals surface area contributed by atoms with Gasteiger partial charge in [-0.25, -0.2) is 4.98 Å². The molecule has 0 amide bonds. The van der Waals surface area contributed by atoms with Gasteiger partial charge in [-0.05, 0) is 41.5 Å². The van der Waals surface area contributed by atoms with E-state index in [1.165, 1.54) is 11.8 Å². The molecular formula is C28H18Cl2N2OS2. The van der Waals surface area contributed by atoms with E-state index >= 15 is 0 Å². The first-order chi connectivity index (χ1) is 17.0. The Morgan fingerprint density at radius 3 is 2.46 bits per heavy atom. The molecule has 35 heavy (non-hydrogen) atoms. The molecule has 3 nitrogen and oxygen atoms in total. The van der Waals surface area contributed by atoms with Gasteiger partial charge in [0.05, 0.1) is 26.7 Å². The van der Waals surface area contributed by atoms with E-state index < -0.39 is 0 Å². The van der Waals surface area contributed by atoms with E-state index in [1.807, 2.05) is 66.7 Å². The van der Waals surface area contributed by atoms with E-state index in [0.717, 1.165) is 36.9 Å². The maximum Gasteiger partial charge on any atom is 0.173 e. The summed E-state index contributed by atoms with van der Waals surface area (Å²) in [6.07, 6.45) is 1.72. The summed E-state index contributed by atoms with van der Waals surface area (Å²) < 4.78 is 1.88. The minimum absolute atomic E-state index is 0.0824. The predicted molar refractivity (Wildman–Crippen MR) is 150 cm³/mol. The smallest absolute Gasteiger partial charge is 0.173 e. The molecular weight excluding hydrogens is 515 g/mol. The molecule has 0 saturated heterocycles. The lowest BCUT2D eigenvalue weighted by atomic mass is 10.0. The van der Waals surface area contributed by atoms with Gasteiger partial charge in [0.15, 0.2) is 10.1 Å². The number of Topliss-reactive ketones (excluding diaryl/α,β-unsaturated/α-hetero) is 1. The number of aromatic nitrogens is 1. The molecule has 7 heteroatoms. The summed E-state index contributed by atoms with van der Waals surface area (Å²) in [4.78, 5) is 21.9. The number of thioether (sulfide) groups is 1. The fourth-order valence-electron chi connectivity index (χ4n) is 3.47. The topological polar surface area (TPSA) is 42.3 Å². The van der Waals surface area contributed by atoms with Gasteiger partial charge < -0.3 is 0 Å². The van der Waals surface area contributed by atoms with E-state index in [0.29, 0.717) is 21.4 Å². The van der Waals surface area contributed by atoms with Crippen LogP contribution < -0.4 is 0 Å². The molecule has 1 heterocycles. The molecule has 0 spiro atoms. The fraction of sp³-hybridized carbons (Fsp3) is 0.0357. The van der Waals surface area contributed by atoms with Gasteiger partial charge in [-0.2, -0.15) is 0 Å². The van der Waals surface area contributed by atoms with Gasteiger partial charge >= 0.3 is 0 Å². The summed E-state index contributed by atoms with van der Waals surface area (Å²) in [5.41, 5.74) is 5.43. The van der Waals surface area contributed by atoms with Gasteiger partial charge in [-0.3, -0.25) is 9.79 Å². The lowest BCUT2D eigenvalue weighted by Gasteiger charge is -2.03. The maximum absolute atomic E-state index is 12.7. The van der Waals surface area contributed by atoms with Crippen molar-refractivity contribution in [1.29, 1.82) is 0 Å². The highest BCUT2D eigenvalue weighted by molar-refractivity contribution is 8.01. The lowest BCUT2D eigenvalue weighted by molar-refractivity contribution is 0.102. The molecule has 4 aromatic carbocycles. The third-order valence-corrected chi connectivity index (χ3v) is 8.03. The summed E-state index contributed by atoms with van der Waals surface area (Å²) in [6, 6.07) is 29.0. The SMILES string of the molecule is O=C(CSc1nc2ccc(N=Cc3ccc(Cl)cc3Cl)cc2s1)c1ccc(-c2ccccc2)cc1. The number of thiazole rings is 1. The molecule has 0 fully saturated rings. The van der Waals surface area contributed by atoms with Gasteiger partial charge in [0.2, 0.25) is 0 Å². The fourth-order valence-corrected chi connectivity index (χ4v) is 5.93. The zero-order valence-corrected chi connectivity index (χ0v) is 21.5. The number of benzene rings is 4. The zero-order chi connectivity index (χ0) is 24.2. The average molecular weight is 534 g/mol. The van der Waals surface area contributed by atoms with Crippen molar-refractivity contribution in [2.45, 2.75) is 4.34 Å². The first-order valence-corrected chi connectivity index (χ1v) is 13.3. The average Bonchev–Trinajstić information content (AvgIpc) is 3.30. The van der Waals surface area contributed by atoms with Crippen LogP contribution in [0, 0.1) is 0 Å². The molecule has 1 aromatic heterocycles. The summed E-state index contributed by atoms with van der Waals surface area (Å²) in [5, 5.41) is 1.14. The molecule has 0 aliphatic carbocycles. The molecule has 0 bridgehead atoms. The Kier molecular flexibility index (Phi) is 7.30. The second-order valence-electron chi connectivity index (χ2n) is 7.71. The Morgan fingerprint density at radius 1 is 0.914 bits per heavy atom.